The molecule has 6 nitrogen and oxygen atoms in total. The van der Waals surface area contributed by atoms with E-state index in [1.54, 1.807) is 25.4 Å². The van der Waals surface area contributed by atoms with Crippen LogP contribution in [-0.2, 0) is 11.3 Å². The summed E-state index contributed by atoms with van der Waals surface area (Å²) in [5.41, 5.74) is 0.951. The fraction of sp³-hybridized carbons (Fsp3) is 0.333. The number of nitrogens with zero attached hydrogens (tertiary/aromatic N) is 1. The minimum atomic E-state index is -0.484. The number of esters is 1. The first-order chi connectivity index (χ1) is 10.2. The Morgan fingerprint density at radius 3 is 2.90 bits per heavy atom. The minimum Gasteiger partial charge on any atom is -0.481 e. The summed E-state index contributed by atoms with van der Waals surface area (Å²) in [6.07, 6.45) is 1.68. The van der Waals surface area contributed by atoms with Crippen molar-refractivity contribution in [1.82, 2.24) is 10.3 Å². The molecule has 0 spiro atoms. The van der Waals surface area contributed by atoms with E-state index in [0.29, 0.717) is 18.2 Å². The van der Waals surface area contributed by atoms with Crippen molar-refractivity contribution >= 4 is 5.97 Å². The number of rotatable bonds is 6. The van der Waals surface area contributed by atoms with Crippen LogP contribution in [0.2, 0.25) is 0 Å². The molecule has 21 heavy (non-hydrogen) atoms. The topological polar surface area (TPSA) is 73.6 Å². The predicted molar refractivity (Wildman–Crippen MR) is 76.1 cm³/mol. The third-order valence-corrected chi connectivity index (χ3v) is 3.08. The normalized spacial score (nSPS) is 12.0. The summed E-state index contributed by atoms with van der Waals surface area (Å²) in [5, 5.41) is 3.29. The lowest BCUT2D eigenvalue weighted by atomic mass is 10.2. The van der Waals surface area contributed by atoms with Gasteiger partial charge in [-0.25, -0.2) is 9.78 Å². The zero-order chi connectivity index (χ0) is 15.2. The number of methoxy groups -OCH3 is 2. The lowest BCUT2D eigenvalue weighted by molar-refractivity contribution is 0.0562. The van der Waals surface area contributed by atoms with Crippen LogP contribution in [0.3, 0.4) is 0 Å². The van der Waals surface area contributed by atoms with Crippen LogP contribution in [-0.4, -0.2) is 25.2 Å². The Labute approximate surface area is 123 Å². The van der Waals surface area contributed by atoms with Crippen LogP contribution in [0.1, 0.15) is 34.8 Å². The molecule has 2 heterocycles. The Kier molecular flexibility index (Phi) is 4.94. The van der Waals surface area contributed by atoms with Crippen molar-refractivity contribution in [3.63, 3.8) is 0 Å². The molecule has 2 aromatic heterocycles. The van der Waals surface area contributed by atoms with Gasteiger partial charge in [-0.15, -0.1) is 0 Å². The zero-order valence-corrected chi connectivity index (χ0v) is 12.3. The Bertz CT molecular complexity index is 609. The summed E-state index contributed by atoms with van der Waals surface area (Å²) < 4.78 is 15.3. The van der Waals surface area contributed by atoms with Gasteiger partial charge >= 0.3 is 5.97 Å². The number of nitrogens with one attached hydrogen (secondary N) is 1. The van der Waals surface area contributed by atoms with Crippen molar-refractivity contribution < 1.29 is 18.7 Å². The van der Waals surface area contributed by atoms with E-state index in [1.165, 1.54) is 7.11 Å². The molecule has 0 bridgehead atoms. The molecule has 1 N–H and O–H groups in total. The Morgan fingerprint density at radius 2 is 2.19 bits per heavy atom. The summed E-state index contributed by atoms with van der Waals surface area (Å²) in [6, 6.07) is 7.09. The Balaban J connectivity index is 2.00. The monoisotopic (exact) mass is 290 g/mol. The van der Waals surface area contributed by atoms with Crippen molar-refractivity contribution in [3.05, 3.63) is 47.5 Å². The van der Waals surface area contributed by atoms with Crippen LogP contribution < -0.4 is 10.1 Å². The smallest absolute Gasteiger partial charge is 0.373 e. The van der Waals surface area contributed by atoms with Crippen LogP contribution in [0.5, 0.6) is 5.88 Å². The molecule has 6 heteroatoms. The number of carbonyl (C=O) groups is 1. The average Bonchev–Trinajstić information content (AvgIpc) is 3.02. The number of pyridine rings is 1. The quantitative estimate of drug-likeness (QED) is 0.823. The van der Waals surface area contributed by atoms with E-state index in [0.717, 1.165) is 5.56 Å². The number of ether oxygens (including phenoxy) is 2. The number of carbonyl (C=O) groups excluding carboxylic acids is 1. The first-order valence-electron chi connectivity index (χ1n) is 6.55. The molecule has 0 aliphatic carbocycles. The molecule has 112 valence electrons. The molecule has 0 fully saturated rings. The zero-order valence-electron chi connectivity index (χ0n) is 12.3. The van der Waals surface area contributed by atoms with Gasteiger partial charge in [0.2, 0.25) is 11.6 Å². The summed E-state index contributed by atoms with van der Waals surface area (Å²) in [4.78, 5) is 15.5. The molecular weight excluding hydrogens is 272 g/mol. The van der Waals surface area contributed by atoms with E-state index in [1.807, 2.05) is 19.1 Å². The molecule has 0 amide bonds. The second kappa shape index (κ2) is 6.90. The number of hydrogen-bond acceptors (Lipinski definition) is 6. The summed E-state index contributed by atoms with van der Waals surface area (Å²) in [6.45, 7) is 2.52. The standard InChI is InChI=1S/C15H18N2O4/c1-10(12-6-7-13(21-12)15(18)20-3)17-9-11-5-4-8-16-14(11)19-2/h4-8,10,17H,9H2,1-3H3. The lowest BCUT2D eigenvalue weighted by Gasteiger charge is -2.12. The fourth-order valence-electron chi connectivity index (χ4n) is 1.90. The first kappa shape index (κ1) is 15.1. The number of furan rings is 1. The maximum atomic E-state index is 11.4. The van der Waals surface area contributed by atoms with Crippen LogP contribution in [0.25, 0.3) is 0 Å². The molecule has 1 atom stereocenters. The first-order valence-corrected chi connectivity index (χ1v) is 6.55. The van der Waals surface area contributed by atoms with Gasteiger partial charge in [0.25, 0.3) is 0 Å². The van der Waals surface area contributed by atoms with Gasteiger partial charge in [-0.3, -0.25) is 0 Å². The molecule has 1 unspecified atom stereocenters. The molecular formula is C15H18N2O4. The molecule has 2 rings (SSSR count). The van der Waals surface area contributed by atoms with E-state index in [2.05, 4.69) is 15.0 Å². The van der Waals surface area contributed by atoms with E-state index >= 15 is 0 Å². The van der Waals surface area contributed by atoms with Crippen molar-refractivity contribution in [1.29, 1.82) is 0 Å². The largest absolute Gasteiger partial charge is 0.481 e. The van der Waals surface area contributed by atoms with Crippen LogP contribution in [0.4, 0.5) is 0 Å². The van der Waals surface area contributed by atoms with Gasteiger partial charge in [-0.05, 0) is 25.1 Å². The Hall–Kier alpha value is -2.34. The van der Waals surface area contributed by atoms with E-state index in [-0.39, 0.29) is 11.8 Å². The highest BCUT2D eigenvalue weighted by Crippen LogP contribution is 2.19. The van der Waals surface area contributed by atoms with Crippen molar-refractivity contribution in [3.8, 4) is 5.88 Å². The molecule has 0 radical (unpaired) electrons. The molecule has 0 saturated heterocycles. The maximum Gasteiger partial charge on any atom is 0.373 e. The van der Waals surface area contributed by atoms with E-state index < -0.39 is 5.97 Å². The van der Waals surface area contributed by atoms with E-state index in [4.69, 9.17) is 9.15 Å². The van der Waals surface area contributed by atoms with Crippen molar-refractivity contribution in [2.75, 3.05) is 14.2 Å². The van der Waals surface area contributed by atoms with Gasteiger partial charge in [-0.1, -0.05) is 6.07 Å². The maximum absolute atomic E-state index is 11.4. The molecule has 0 saturated carbocycles. The van der Waals surface area contributed by atoms with Gasteiger partial charge in [-0.2, -0.15) is 0 Å². The SMILES string of the molecule is COC(=O)c1ccc(C(C)NCc2cccnc2OC)o1. The average molecular weight is 290 g/mol. The van der Waals surface area contributed by atoms with Gasteiger partial charge in [0.15, 0.2) is 0 Å². The van der Waals surface area contributed by atoms with Gasteiger partial charge in [0.1, 0.15) is 5.76 Å². The highest BCUT2D eigenvalue weighted by Gasteiger charge is 2.15. The molecule has 0 aromatic carbocycles. The third kappa shape index (κ3) is 3.61. The van der Waals surface area contributed by atoms with E-state index in [9.17, 15) is 4.79 Å². The lowest BCUT2D eigenvalue weighted by Crippen LogP contribution is -2.18. The minimum absolute atomic E-state index is 0.0617. The second-order valence-electron chi connectivity index (χ2n) is 4.47. The highest BCUT2D eigenvalue weighted by molar-refractivity contribution is 5.86. The fourth-order valence-corrected chi connectivity index (χ4v) is 1.90. The van der Waals surface area contributed by atoms with Gasteiger partial charge in [0, 0.05) is 18.3 Å². The van der Waals surface area contributed by atoms with Crippen LogP contribution in [0.15, 0.2) is 34.9 Å². The third-order valence-electron chi connectivity index (χ3n) is 3.08. The summed E-state index contributed by atoms with van der Waals surface area (Å²) in [7, 11) is 2.91. The highest BCUT2D eigenvalue weighted by atomic mass is 16.5. The molecule has 0 aliphatic rings. The number of hydrogen-bond donors (Lipinski definition) is 1. The predicted octanol–water partition coefficient (Wildman–Crippen LogP) is 2.32. The molecule has 0 aliphatic heterocycles. The van der Waals surface area contributed by atoms with Crippen molar-refractivity contribution in [2.45, 2.75) is 19.5 Å². The summed E-state index contributed by atoms with van der Waals surface area (Å²) >= 11 is 0. The van der Waals surface area contributed by atoms with Crippen molar-refractivity contribution in [2.24, 2.45) is 0 Å². The van der Waals surface area contributed by atoms with Crippen LogP contribution >= 0.6 is 0 Å². The summed E-state index contributed by atoms with van der Waals surface area (Å²) in [5.74, 6) is 0.965. The van der Waals surface area contributed by atoms with Gasteiger partial charge < -0.3 is 19.2 Å². The second-order valence-corrected chi connectivity index (χ2v) is 4.47. The Morgan fingerprint density at radius 1 is 1.38 bits per heavy atom. The van der Waals surface area contributed by atoms with Crippen LogP contribution in [0, 0.1) is 0 Å². The van der Waals surface area contributed by atoms with Gasteiger partial charge in [0.05, 0.1) is 20.3 Å². The number of aromatic nitrogens is 1. The molecule has 2 aromatic rings.